The first-order valence-electron chi connectivity index (χ1n) is 8.78. The minimum absolute atomic E-state index is 0.0400. The maximum Gasteiger partial charge on any atom is 0.263 e. The molecule has 1 aliphatic rings. The van der Waals surface area contributed by atoms with E-state index in [1.807, 2.05) is 0 Å². The molecular weight excluding hydrogens is 418 g/mol. The zero-order valence-corrected chi connectivity index (χ0v) is 17.1. The van der Waals surface area contributed by atoms with Gasteiger partial charge < -0.3 is 9.15 Å². The van der Waals surface area contributed by atoms with Gasteiger partial charge in [-0.3, -0.25) is 4.72 Å². The lowest BCUT2D eigenvalue weighted by molar-refractivity contribution is 0.414. The van der Waals surface area contributed by atoms with Gasteiger partial charge in [0.2, 0.25) is 0 Å². The number of benzene rings is 1. The summed E-state index contributed by atoms with van der Waals surface area (Å²) in [5.74, 6) is 1.11. The fraction of sp³-hybridized carbons (Fsp3) is 0.278. The van der Waals surface area contributed by atoms with Gasteiger partial charge in [-0.15, -0.1) is 0 Å². The fourth-order valence-corrected chi connectivity index (χ4v) is 5.95. The molecule has 29 heavy (non-hydrogen) atoms. The van der Waals surface area contributed by atoms with Crippen LogP contribution in [0.1, 0.15) is 12.5 Å². The summed E-state index contributed by atoms with van der Waals surface area (Å²) in [6, 6.07) is 10.4. The molecule has 0 bridgehead atoms. The highest BCUT2D eigenvalue weighted by Gasteiger charge is 2.32. The molecule has 1 saturated heterocycles. The Morgan fingerprint density at radius 3 is 2.59 bits per heavy atom. The largest absolute Gasteiger partial charge is 0.497 e. The third kappa shape index (κ3) is 4.01. The Labute approximate surface area is 168 Å². The Morgan fingerprint density at radius 1 is 1.24 bits per heavy atom. The first-order chi connectivity index (χ1) is 13.8. The Hall–Kier alpha value is -2.79. The SMILES string of the molecule is COc1ccc(S(=O)(=O)Nc2cc(-c3ccco3)nn2[C@H]2CCS(=O)(=O)C2)cc1. The van der Waals surface area contributed by atoms with Gasteiger partial charge in [0.15, 0.2) is 15.6 Å². The van der Waals surface area contributed by atoms with Crippen molar-refractivity contribution in [1.82, 2.24) is 9.78 Å². The Kier molecular flexibility index (Phi) is 4.87. The van der Waals surface area contributed by atoms with E-state index in [1.165, 1.54) is 36.3 Å². The van der Waals surface area contributed by atoms with Crippen molar-refractivity contribution in [1.29, 1.82) is 0 Å². The number of aromatic nitrogens is 2. The summed E-state index contributed by atoms with van der Waals surface area (Å²) in [6.07, 6.45) is 1.84. The summed E-state index contributed by atoms with van der Waals surface area (Å²) in [4.78, 5) is 0.0460. The van der Waals surface area contributed by atoms with Crippen molar-refractivity contribution in [3.63, 3.8) is 0 Å². The number of sulfonamides is 1. The molecule has 11 heteroatoms. The molecule has 0 radical (unpaired) electrons. The number of anilines is 1. The van der Waals surface area contributed by atoms with Gasteiger partial charge >= 0.3 is 0 Å². The molecule has 4 rings (SSSR count). The minimum atomic E-state index is -3.92. The van der Waals surface area contributed by atoms with Gasteiger partial charge in [0.25, 0.3) is 10.0 Å². The molecule has 1 aliphatic heterocycles. The zero-order chi connectivity index (χ0) is 20.6. The maximum atomic E-state index is 12.9. The zero-order valence-electron chi connectivity index (χ0n) is 15.5. The first-order valence-corrected chi connectivity index (χ1v) is 12.1. The predicted octanol–water partition coefficient (Wildman–Crippen LogP) is 2.31. The quantitative estimate of drug-likeness (QED) is 0.628. The number of sulfone groups is 1. The third-order valence-corrected chi connectivity index (χ3v) is 7.79. The molecule has 154 valence electrons. The van der Waals surface area contributed by atoms with Crippen LogP contribution in [-0.4, -0.2) is 45.2 Å². The average molecular weight is 437 g/mol. The molecule has 1 fully saturated rings. The lowest BCUT2D eigenvalue weighted by Crippen LogP contribution is -2.20. The van der Waals surface area contributed by atoms with Gasteiger partial charge in [0, 0.05) is 6.07 Å². The van der Waals surface area contributed by atoms with Crippen LogP contribution in [0.3, 0.4) is 0 Å². The van der Waals surface area contributed by atoms with Crippen LogP contribution >= 0.6 is 0 Å². The lowest BCUT2D eigenvalue weighted by Gasteiger charge is -2.14. The second-order valence-electron chi connectivity index (χ2n) is 6.67. The molecule has 1 N–H and O–H groups in total. The molecule has 1 atom stereocenters. The van der Waals surface area contributed by atoms with Crippen molar-refractivity contribution in [2.45, 2.75) is 17.4 Å². The molecular formula is C18H19N3O6S2. The van der Waals surface area contributed by atoms with Crippen LogP contribution in [-0.2, 0) is 19.9 Å². The number of methoxy groups -OCH3 is 1. The Morgan fingerprint density at radius 2 is 2.00 bits per heavy atom. The molecule has 0 saturated carbocycles. The van der Waals surface area contributed by atoms with Crippen LogP contribution in [0, 0.1) is 0 Å². The van der Waals surface area contributed by atoms with Crippen molar-refractivity contribution in [2.24, 2.45) is 0 Å². The highest BCUT2D eigenvalue weighted by Crippen LogP contribution is 2.31. The van der Waals surface area contributed by atoms with Gasteiger partial charge in [-0.25, -0.2) is 21.5 Å². The normalized spacial score (nSPS) is 18.6. The number of hydrogen-bond acceptors (Lipinski definition) is 7. The Bertz CT molecular complexity index is 1210. The maximum absolute atomic E-state index is 12.9. The van der Waals surface area contributed by atoms with Gasteiger partial charge in [-0.05, 0) is 42.8 Å². The molecule has 0 spiro atoms. The molecule has 3 aromatic rings. The van der Waals surface area contributed by atoms with E-state index in [-0.39, 0.29) is 22.2 Å². The van der Waals surface area contributed by atoms with Gasteiger partial charge in [-0.2, -0.15) is 5.10 Å². The van der Waals surface area contributed by atoms with Crippen LogP contribution < -0.4 is 9.46 Å². The topological polar surface area (TPSA) is 120 Å². The monoisotopic (exact) mass is 437 g/mol. The van der Waals surface area contributed by atoms with E-state index in [2.05, 4.69) is 9.82 Å². The van der Waals surface area contributed by atoms with E-state index in [9.17, 15) is 16.8 Å². The third-order valence-electron chi connectivity index (χ3n) is 4.67. The minimum Gasteiger partial charge on any atom is -0.497 e. The summed E-state index contributed by atoms with van der Waals surface area (Å²) in [6.45, 7) is 0. The molecule has 0 amide bonds. The van der Waals surface area contributed by atoms with Crippen LogP contribution in [0.25, 0.3) is 11.5 Å². The standard InChI is InChI=1S/C18H19N3O6S2/c1-26-14-4-6-15(7-5-14)29(24,25)20-18-11-16(17-3-2-9-27-17)19-21(18)13-8-10-28(22,23)12-13/h2-7,9,11,13,20H,8,10,12H2,1H3/t13-/m0/s1. The molecule has 0 aliphatic carbocycles. The van der Waals surface area contributed by atoms with Crippen molar-refractivity contribution >= 4 is 25.7 Å². The summed E-state index contributed by atoms with van der Waals surface area (Å²) in [5.41, 5.74) is 0.409. The van der Waals surface area contributed by atoms with Crippen molar-refractivity contribution in [3.8, 4) is 17.2 Å². The molecule has 2 aromatic heterocycles. The second kappa shape index (κ2) is 7.23. The van der Waals surface area contributed by atoms with Crippen molar-refractivity contribution in [2.75, 3.05) is 23.3 Å². The van der Waals surface area contributed by atoms with E-state index in [1.54, 1.807) is 24.3 Å². The van der Waals surface area contributed by atoms with Gasteiger partial charge in [0.05, 0.1) is 35.8 Å². The molecule has 0 unspecified atom stereocenters. The molecule has 9 nitrogen and oxygen atoms in total. The number of ether oxygens (including phenoxy) is 1. The summed E-state index contributed by atoms with van der Waals surface area (Å²) in [7, 11) is -5.61. The van der Waals surface area contributed by atoms with E-state index >= 15 is 0 Å². The van der Waals surface area contributed by atoms with Gasteiger partial charge in [-0.1, -0.05) is 0 Å². The summed E-state index contributed by atoms with van der Waals surface area (Å²) in [5, 5.41) is 4.42. The van der Waals surface area contributed by atoms with Crippen LogP contribution in [0.4, 0.5) is 5.82 Å². The van der Waals surface area contributed by atoms with Gasteiger partial charge in [0.1, 0.15) is 17.3 Å². The second-order valence-corrected chi connectivity index (χ2v) is 10.6. The number of rotatable bonds is 6. The predicted molar refractivity (Wildman–Crippen MR) is 106 cm³/mol. The highest BCUT2D eigenvalue weighted by molar-refractivity contribution is 7.92. The van der Waals surface area contributed by atoms with Crippen LogP contribution in [0.15, 0.2) is 58.0 Å². The number of furan rings is 1. The summed E-state index contributed by atoms with van der Waals surface area (Å²) < 4.78 is 63.9. The number of nitrogens with one attached hydrogen (secondary N) is 1. The van der Waals surface area contributed by atoms with Crippen LogP contribution in [0.5, 0.6) is 5.75 Å². The molecule has 1 aromatic carbocycles. The highest BCUT2D eigenvalue weighted by atomic mass is 32.2. The van der Waals surface area contributed by atoms with E-state index in [0.29, 0.717) is 23.6 Å². The van der Waals surface area contributed by atoms with Crippen LogP contribution in [0.2, 0.25) is 0 Å². The summed E-state index contributed by atoms with van der Waals surface area (Å²) >= 11 is 0. The number of hydrogen-bond donors (Lipinski definition) is 1. The van der Waals surface area contributed by atoms with Crippen molar-refractivity contribution in [3.05, 3.63) is 48.7 Å². The van der Waals surface area contributed by atoms with E-state index in [4.69, 9.17) is 9.15 Å². The number of nitrogens with zero attached hydrogens (tertiary/aromatic N) is 2. The van der Waals surface area contributed by atoms with E-state index in [0.717, 1.165) is 0 Å². The fourth-order valence-electron chi connectivity index (χ4n) is 3.21. The first kappa shape index (κ1) is 19.5. The Balaban J connectivity index is 1.71. The molecule has 3 heterocycles. The lowest BCUT2D eigenvalue weighted by atomic mass is 10.3. The average Bonchev–Trinajstić information content (AvgIpc) is 3.41. The van der Waals surface area contributed by atoms with Crippen molar-refractivity contribution < 1.29 is 26.0 Å². The smallest absolute Gasteiger partial charge is 0.263 e. The van der Waals surface area contributed by atoms with E-state index < -0.39 is 25.9 Å².